The number of nitrogens with zero attached hydrogens (tertiary/aromatic N) is 2. The number of carbonyl (C=O) groups is 1. The molecule has 0 aliphatic carbocycles. The third-order valence-corrected chi connectivity index (χ3v) is 4.75. The molecule has 7 nitrogen and oxygen atoms in total. The lowest BCUT2D eigenvalue weighted by molar-refractivity contribution is 0.0932. The van der Waals surface area contributed by atoms with Crippen molar-refractivity contribution >= 4 is 5.91 Å². The quantitative estimate of drug-likeness (QED) is 0.860. The second kappa shape index (κ2) is 7.65. The van der Waals surface area contributed by atoms with Crippen molar-refractivity contribution in [2.75, 3.05) is 19.6 Å². The van der Waals surface area contributed by atoms with E-state index in [0.29, 0.717) is 12.5 Å². The van der Waals surface area contributed by atoms with Crippen LogP contribution in [0.2, 0.25) is 0 Å². The van der Waals surface area contributed by atoms with Crippen LogP contribution >= 0.6 is 0 Å². The number of rotatable bonds is 5. The van der Waals surface area contributed by atoms with Crippen molar-refractivity contribution in [1.29, 1.82) is 0 Å². The highest BCUT2D eigenvalue weighted by Gasteiger charge is 2.21. The van der Waals surface area contributed by atoms with Crippen molar-refractivity contribution in [3.05, 3.63) is 51.6 Å². The van der Waals surface area contributed by atoms with Gasteiger partial charge in [-0.1, -0.05) is 0 Å². The van der Waals surface area contributed by atoms with E-state index in [1.54, 1.807) is 6.07 Å². The van der Waals surface area contributed by atoms with Crippen LogP contribution in [0.15, 0.2) is 27.5 Å². The lowest BCUT2D eigenvalue weighted by Gasteiger charge is -2.31. The van der Waals surface area contributed by atoms with Gasteiger partial charge in [-0.3, -0.25) is 14.5 Å². The van der Waals surface area contributed by atoms with E-state index in [9.17, 15) is 9.59 Å². The Balaban J connectivity index is 1.44. The summed E-state index contributed by atoms with van der Waals surface area (Å²) < 4.78 is 5.64. The molecule has 0 radical (unpaired) electrons. The van der Waals surface area contributed by atoms with E-state index in [1.807, 2.05) is 13.8 Å². The zero-order valence-electron chi connectivity index (χ0n) is 14.7. The molecule has 1 fully saturated rings. The van der Waals surface area contributed by atoms with Crippen molar-refractivity contribution in [1.82, 2.24) is 20.2 Å². The molecule has 3 rings (SSSR count). The van der Waals surface area contributed by atoms with Crippen LogP contribution in [0, 0.1) is 19.8 Å². The molecule has 0 aromatic carbocycles. The smallest absolute Gasteiger partial charge is 0.260 e. The van der Waals surface area contributed by atoms with Crippen molar-refractivity contribution in [2.24, 2.45) is 5.92 Å². The Bertz CT molecular complexity index is 768. The van der Waals surface area contributed by atoms with Gasteiger partial charge in [0.2, 0.25) is 5.89 Å². The van der Waals surface area contributed by atoms with Gasteiger partial charge in [0.25, 0.3) is 11.5 Å². The first kappa shape index (κ1) is 17.4. The van der Waals surface area contributed by atoms with Crippen molar-refractivity contribution < 1.29 is 9.21 Å². The number of piperidine rings is 1. The van der Waals surface area contributed by atoms with E-state index in [-0.39, 0.29) is 17.0 Å². The summed E-state index contributed by atoms with van der Waals surface area (Å²) in [5.41, 5.74) is 0.754. The minimum Gasteiger partial charge on any atom is -0.444 e. The fourth-order valence-electron chi connectivity index (χ4n) is 3.08. The summed E-state index contributed by atoms with van der Waals surface area (Å²) >= 11 is 0. The van der Waals surface area contributed by atoms with E-state index in [1.165, 1.54) is 12.3 Å². The molecule has 1 aliphatic rings. The van der Waals surface area contributed by atoms with Gasteiger partial charge in [-0.15, -0.1) is 0 Å². The van der Waals surface area contributed by atoms with Gasteiger partial charge in [0.05, 0.1) is 12.2 Å². The first-order valence-electron chi connectivity index (χ1n) is 8.64. The standard InChI is InChI=1S/C18H24N4O3/c1-12-13(2)25-16(21-12)11-22-8-5-14(6-9-22)10-20-18(24)15-4-3-7-19-17(15)23/h3-4,7,14H,5-6,8-11H2,1-2H3,(H,19,23)(H,20,24). The molecule has 25 heavy (non-hydrogen) atoms. The van der Waals surface area contributed by atoms with E-state index in [2.05, 4.69) is 20.2 Å². The van der Waals surface area contributed by atoms with Crippen LogP contribution in [0.5, 0.6) is 0 Å². The highest BCUT2D eigenvalue weighted by Crippen LogP contribution is 2.19. The fraction of sp³-hybridized carbons (Fsp3) is 0.500. The largest absolute Gasteiger partial charge is 0.444 e. The number of hydrogen-bond donors (Lipinski definition) is 2. The molecule has 1 aliphatic heterocycles. The average molecular weight is 344 g/mol. The summed E-state index contributed by atoms with van der Waals surface area (Å²) in [6.07, 6.45) is 3.53. The molecule has 0 unspecified atom stereocenters. The number of aromatic nitrogens is 2. The van der Waals surface area contributed by atoms with Gasteiger partial charge in [-0.25, -0.2) is 4.98 Å². The minimum atomic E-state index is -0.355. The Morgan fingerprint density at radius 1 is 1.40 bits per heavy atom. The summed E-state index contributed by atoms with van der Waals surface area (Å²) in [6.45, 7) is 7.11. The molecule has 0 bridgehead atoms. The van der Waals surface area contributed by atoms with E-state index in [4.69, 9.17) is 4.42 Å². The van der Waals surface area contributed by atoms with E-state index < -0.39 is 0 Å². The Labute approximate surface area is 146 Å². The summed E-state index contributed by atoms with van der Waals surface area (Å²) in [5.74, 6) is 1.76. The molecule has 2 N–H and O–H groups in total. The number of hydrogen-bond acceptors (Lipinski definition) is 5. The Hall–Kier alpha value is -2.41. The molecule has 0 saturated carbocycles. The van der Waals surface area contributed by atoms with E-state index >= 15 is 0 Å². The molecule has 2 aromatic heterocycles. The molecule has 0 spiro atoms. The van der Waals surface area contributed by atoms with Crippen LogP contribution in [-0.2, 0) is 6.54 Å². The van der Waals surface area contributed by atoms with Crippen LogP contribution in [0.25, 0.3) is 0 Å². The van der Waals surface area contributed by atoms with Gasteiger partial charge in [-0.2, -0.15) is 0 Å². The highest BCUT2D eigenvalue weighted by atomic mass is 16.4. The van der Waals surface area contributed by atoms with Gasteiger partial charge in [0.1, 0.15) is 11.3 Å². The third kappa shape index (κ3) is 4.36. The van der Waals surface area contributed by atoms with Gasteiger partial charge in [0.15, 0.2) is 0 Å². The number of carbonyl (C=O) groups excluding carboxylic acids is 1. The molecule has 1 amide bonds. The maximum Gasteiger partial charge on any atom is 0.260 e. The molecule has 3 heterocycles. The lowest BCUT2D eigenvalue weighted by atomic mass is 9.96. The number of nitrogens with one attached hydrogen (secondary N) is 2. The molecular weight excluding hydrogens is 320 g/mol. The first-order chi connectivity index (χ1) is 12.0. The molecular formula is C18H24N4O3. The topological polar surface area (TPSA) is 91.2 Å². The number of H-pyrrole nitrogens is 1. The Kier molecular flexibility index (Phi) is 5.33. The first-order valence-corrected chi connectivity index (χ1v) is 8.64. The maximum atomic E-state index is 12.1. The average Bonchev–Trinajstić information content (AvgIpc) is 2.92. The van der Waals surface area contributed by atoms with Crippen molar-refractivity contribution in [2.45, 2.75) is 33.2 Å². The van der Waals surface area contributed by atoms with Crippen molar-refractivity contribution in [3.8, 4) is 0 Å². The van der Waals surface area contributed by atoms with Gasteiger partial charge >= 0.3 is 0 Å². The number of aryl methyl sites for hydroxylation is 2. The number of likely N-dealkylation sites (tertiary alicyclic amines) is 1. The molecule has 7 heteroatoms. The summed E-state index contributed by atoms with van der Waals surface area (Å²) in [5, 5.41) is 2.88. The van der Waals surface area contributed by atoms with Crippen molar-refractivity contribution in [3.63, 3.8) is 0 Å². The van der Waals surface area contributed by atoms with Crippen LogP contribution in [0.4, 0.5) is 0 Å². The van der Waals surface area contributed by atoms with Crippen LogP contribution < -0.4 is 10.9 Å². The molecule has 134 valence electrons. The summed E-state index contributed by atoms with van der Waals surface area (Å²) in [7, 11) is 0. The van der Waals surface area contributed by atoms with E-state index in [0.717, 1.165) is 49.8 Å². The maximum absolute atomic E-state index is 12.1. The van der Waals surface area contributed by atoms with Crippen LogP contribution in [0.3, 0.4) is 0 Å². The predicted molar refractivity (Wildman–Crippen MR) is 93.4 cm³/mol. The minimum absolute atomic E-state index is 0.162. The predicted octanol–water partition coefficient (Wildman–Crippen LogP) is 1.62. The molecule has 1 saturated heterocycles. The molecule has 2 aromatic rings. The van der Waals surface area contributed by atoms with Crippen LogP contribution in [-0.4, -0.2) is 40.4 Å². The summed E-state index contributed by atoms with van der Waals surface area (Å²) in [6, 6.07) is 3.19. The number of pyridine rings is 1. The number of amides is 1. The molecule has 0 atom stereocenters. The number of oxazole rings is 1. The monoisotopic (exact) mass is 344 g/mol. The second-order valence-electron chi connectivity index (χ2n) is 6.59. The Morgan fingerprint density at radius 3 is 2.80 bits per heavy atom. The number of aromatic amines is 1. The lowest BCUT2D eigenvalue weighted by Crippen LogP contribution is -2.39. The van der Waals surface area contributed by atoms with Crippen LogP contribution in [0.1, 0.15) is 40.5 Å². The van der Waals surface area contributed by atoms with Gasteiger partial charge < -0.3 is 14.7 Å². The second-order valence-corrected chi connectivity index (χ2v) is 6.59. The fourth-order valence-corrected chi connectivity index (χ4v) is 3.08. The normalized spacial score (nSPS) is 16.1. The third-order valence-electron chi connectivity index (χ3n) is 4.75. The highest BCUT2D eigenvalue weighted by molar-refractivity contribution is 5.93. The van der Waals surface area contributed by atoms with Gasteiger partial charge in [0, 0.05) is 12.7 Å². The zero-order valence-corrected chi connectivity index (χ0v) is 14.7. The SMILES string of the molecule is Cc1nc(CN2CCC(CNC(=O)c3ccc[nH]c3=O)CC2)oc1C. The summed E-state index contributed by atoms with van der Waals surface area (Å²) in [4.78, 5) is 33.0. The Morgan fingerprint density at radius 2 is 2.16 bits per heavy atom. The zero-order chi connectivity index (χ0) is 17.8. The van der Waals surface area contributed by atoms with Gasteiger partial charge in [-0.05, 0) is 57.8 Å².